The molecule has 0 unspecified atom stereocenters. The lowest BCUT2D eigenvalue weighted by Gasteiger charge is -2.19. The van der Waals surface area contributed by atoms with Crippen molar-refractivity contribution in [3.05, 3.63) is 28.7 Å². The Morgan fingerprint density at radius 3 is 2.89 bits per heavy atom. The van der Waals surface area contributed by atoms with Crippen LogP contribution in [0.25, 0.3) is 0 Å². The fraction of sp³-hybridized carbons (Fsp3) is 0.538. The van der Waals surface area contributed by atoms with Crippen LogP contribution in [-0.2, 0) is 9.84 Å². The summed E-state index contributed by atoms with van der Waals surface area (Å²) >= 11 is 3.44. The van der Waals surface area contributed by atoms with Gasteiger partial charge in [-0.15, -0.1) is 0 Å². The standard InChI is InChI=1S/C13H19BrN2O2S/c14-12-3-1-4-13(11-12)15-5-7-16-6-2-9-19(17,18)10-8-16/h1,3-4,11,15H,2,5-10H2. The van der Waals surface area contributed by atoms with E-state index in [0.29, 0.717) is 18.1 Å². The number of sulfone groups is 1. The van der Waals surface area contributed by atoms with E-state index in [0.717, 1.165) is 36.2 Å². The van der Waals surface area contributed by atoms with Crippen LogP contribution in [0.2, 0.25) is 0 Å². The van der Waals surface area contributed by atoms with E-state index in [2.05, 4.69) is 26.1 Å². The molecule has 1 fully saturated rings. The molecule has 1 saturated heterocycles. The highest BCUT2D eigenvalue weighted by atomic mass is 79.9. The van der Waals surface area contributed by atoms with Crippen LogP contribution in [0.5, 0.6) is 0 Å². The Morgan fingerprint density at radius 1 is 1.26 bits per heavy atom. The summed E-state index contributed by atoms with van der Waals surface area (Å²) < 4.78 is 24.1. The van der Waals surface area contributed by atoms with E-state index in [-0.39, 0.29) is 0 Å². The average molecular weight is 347 g/mol. The second-order valence-electron chi connectivity index (χ2n) is 4.78. The second-order valence-corrected chi connectivity index (χ2v) is 8.00. The smallest absolute Gasteiger partial charge is 0.151 e. The number of benzene rings is 1. The number of hydrogen-bond donors (Lipinski definition) is 1. The van der Waals surface area contributed by atoms with Crippen LogP contribution < -0.4 is 5.32 Å². The van der Waals surface area contributed by atoms with Crippen molar-refractivity contribution in [1.29, 1.82) is 0 Å². The molecule has 0 amide bonds. The predicted octanol–water partition coefficient (Wildman–Crippen LogP) is 1.98. The molecule has 4 nitrogen and oxygen atoms in total. The number of nitrogens with zero attached hydrogens (tertiary/aromatic N) is 1. The molecule has 1 heterocycles. The first kappa shape index (κ1) is 14.8. The molecular weight excluding hydrogens is 328 g/mol. The van der Waals surface area contributed by atoms with Gasteiger partial charge in [-0.05, 0) is 31.2 Å². The van der Waals surface area contributed by atoms with Crippen LogP contribution in [0.15, 0.2) is 28.7 Å². The summed E-state index contributed by atoms with van der Waals surface area (Å²) in [6, 6.07) is 8.04. The molecule has 1 aromatic rings. The third kappa shape index (κ3) is 5.12. The molecule has 0 spiro atoms. The minimum absolute atomic E-state index is 0.296. The van der Waals surface area contributed by atoms with Crippen molar-refractivity contribution in [2.24, 2.45) is 0 Å². The van der Waals surface area contributed by atoms with Crippen molar-refractivity contribution in [2.45, 2.75) is 6.42 Å². The third-order valence-electron chi connectivity index (χ3n) is 3.23. The molecule has 0 atom stereocenters. The topological polar surface area (TPSA) is 49.4 Å². The zero-order chi connectivity index (χ0) is 13.7. The summed E-state index contributed by atoms with van der Waals surface area (Å²) in [4.78, 5) is 2.22. The molecule has 0 aliphatic carbocycles. The minimum Gasteiger partial charge on any atom is -0.384 e. The molecule has 0 bridgehead atoms. The normalized spacial score (nSPS) is 19.8. The van der Waals surface area contributed by atoms with Crippen LogP contribution in [-0.4, -0.2) is 51.0 Å². The molecular formula is C13H19BrN2O2S. The van der Waals surface area contributed by atoms with Crippen LogP contribution in [0, 0.1) is 0 Å². The molecule has 0 saturated carbocycles. The van der Waals surface area contributed by atoms with Gasteiger partial charge >= 0.3 is 0 Å². The van der Waals surface area contributed by atoms with Gasteiger partial charge in [-0.1, -0.05) is 22.0 Å². The van der Waals surface area contributed by atoms with Gasteiger partial charge in [-0.25, -0.2) is 8.42 Å². The lowest BCUT2D eigenvalue weighted by molar-refractivity contribution is 0.307. The number of rotatable bonds is 4. The summed E-state index contributed by atoms with van der Waals surface area (Å²) in [5.41, 5.74) is 1.08. The van der Waals surface area contributed by atoms with Crippen LogP contribution >= 0.6 is 15.9 Å². The highest BCUT2D eigenvalue weighted by Gasteiger charge is 2.18. The van der Waals surface area contributed by atoms with E-state index >= 15 is 0 Å². The first-order valence-electron chi connectivity index (χ1n) is 6.47. The van der Waals surface area contributed by atoms with E-state index < -0.39 is 9.84 Å². The Kier molecular flexibility index (Phi) is 5.24. The molecule has 1 aromatic carbocycles. The van der Waals surface area contributed by atoms with Gasteiger partial charge in [0.05, 0.1) is 11.5 Å². The van der Waals surface area contributed by atoms with E-state index in [4.69, 9.17) is 0 Å². The van der Waals surface area contributed by atoms with Gasteiger partial charge in [0.15, 0.2) is 9.84 Å². The summed E-state index contributed by atoms with van der Waals surface area (Å²) in [6.07, 6.45) is 0.749. The number of hydrogen-bond acceptors (Lipinski definition) is 4. The van der Waals surface area contributed by atoms with Crippen molar-refractivity contribution >= 4 is 31.5 Å². The molecule has 106 valence electrons. The SMILES string of the molecule is O=S1(=O)CCCN(CCNc2cccc(Br)c2)CC1. The van der Waals surface area contributed by atoms with Gasteiger partial charge in [0, 0.05) is 29.8 Å². The molecule has 1 aliphatic rings. The number of halogens is 1. The largest absolute Gasteiger partial charge is 0.384 e. The Hall–Kier alpha value is -0.590. The maximum Gasteiger partial charge on any atom is 0.151 e. The Bertz CT molecular complexity index is 519. The molecule has 6 heteroatoms. The molecule has 19 heavy (non-hydrogen) atoms. The van der Waals surface area contributed by atoms with Gasteiger partial charge in [-0.3, -0.25) is 0 Å². The minimum atomic E-state index is -2.80. The zero-order valence-corrected chi connectivity index (χ0v) is 13.2. The molecule has 2 rings (SSSR count). The quantitative estimate of drug-likeness (QED) is 0.905. The van der Waals surface area contributed by atoms with Crippen molar-refractivity contribution in [2.75, 3.05) is 43.0 Å². The van der Waals surface area contributed by atoms with E-state index in [9.17, 15) is 8.42 Å². The lowest BCUT2D eigenvalue weighted by atomic mass is 10.3. The maximum absolute atomic E-state index is 11.5. The summed E-state index contributed by atoms with van der Waals surface area (Å²) in [5.74, 6) is 0.631. The Morgan fingerprint density at radius 2 is 2.11 bits per heavy atom. The lowest BCUT2D eigenvalue weighted by Crippen LogP contribution is -2.31. The number of nitrogens with one attached hydrogen (secondary N) is 1. The van der Waals surface area contributed by atoms with E-state index in [1.54, 1.807) is 0 Å². The summed E-state index contributed by atoms with van der Waals surface area (Å²) in [5, 5.41) is 3.35. The highest BCUT2D eigenvalue weighted by Crippen LogP contribution is 2.15. The number of anilines is 1. The predicted molar refractivity (Wildman–Crippen MR) is 82.3 cm³/mol. The monoisotopic (exact) mass is 346 g/mol. The van der Waals surface area contributed by atoms with Crippen molar-refractivity contribution in [3.63, 3.8) is 0 Å². The van der Waals surface area contributed by atoms with Crippen molar-refractivity contribution in [1.82, 2.24) is 4.90 Å². The zero-order valence-electron chi connectivity index (χ0n) is 10.8. The first-order valence-corrected chi connectivity index (χ1v) is 9.09. The summed E-state index contributed by atoms with van der Waals surface area (Å²) in [6.45, 7) is 3.24. The van der Waals surface area contributed by atoms with E-state index in [1.165, 1.54) is 0 Å². The van der Waals surface area contributed by atoms with Gasteiger partial charge in [-0.2, -0.15) is 0 Å². The average Bonchev–Trinajstić information content (AvgIpc) is 2.51. The fourth-order valence-electron chi connectivity index (χ4n) is 2.17. The van der Waals surface area contributed by atoms with Gasteiger partial charge in [0.25, 0.3) is 0 Å². The Labute approximate surface area is 123 Å². The summed E-state index contributed by atoms with van der Waals surface area (Å²) in [7, 11) is -2.80. The molecule has 1 N–H and O–H groups in total. The van der Waals surface area contributed by atoms with Crippen molar-refractivity contribution in [3.8, 4) is 0 Å². The highest BCUT2D eigenvalue weighted by molar-refractivity contribution is 9.10. The van der Waals surface area contributed by atoms with Crippen molar-refractivity contribution < 1.29 is 8.42 Å². The third-order valence-corrected chi connectivity index (χ3v) is 5.44. The maximum atomic E-state index is 11.5. The van der Waals surface area contributed by atoms with Crippen LogP contribution in [0.4, 0.5) is 5.69 Å². The van der Waals surface area contributed by atoms with Gasteiger partial charge < -0.3 is 10.2 Å². The molecule has 0 aromatic heterocycles. The molecule has 1 aliphatic heterocycles. The Balaban J connectivity index is 1.77. The van der Waals surface area contributed by atoms with E-state index in [1.807, 2.05) is 24.3 Å². The van der Waals surface area contributed by atoms with Gasteiger partial charge in [0.1, 0.15) is 0 Å². The van der Waals surface area contributed by atoms with Gasteiger partial charge in [0.2, 0.25) is 0 Å². The second kappa shape index (κ2) is 6.72. The fourth-order valence-corrected chi connectivity index (χ4v) is 3.88. The van der Waals surface area contributed by atoms with Crippen LogP contribution in [0.1, 0.15) is 6.42 Å². The molecule has 0 radical (unpaired) electrons. The first-order chi connectivity index (χ1) is 9.05. The van der Waals surface area contributed by atoms with Crippen LogP contribution in [0.3, 0.4) is 0 Å².